The van der Waals surface area contributed by atoms with E-state index < -0.39 is 0 Å². The fraction of sp³-hybridized carbons (Fsp3) is 0.294. The third-order valence-electron chi connectivity index (χ3n) is 3.51. The quantitative estimate of drug-likeness (QED) is 0.843. The van der Waals surface area contributed by atoms with Crippen LogP contribution in [0.2, 0.25) is 0 Å². The molecule has 1 nitrogen and oxygen atoms in total. The van der Waals surface area contributed by atoms with Gasteiger partial charge in [0.05, 0.1) is 0 Å². The minimum Gasteiger partial charge on any atom is -0.313 e. The van der Waals surface area contributed by atoms with E-state index >= 15 is 0 Å². The molecular formula is C17H21N. The molecular weight excluding hydrogens is 218 g/mol. The summed E-state index contributed by atoms with van der Waals surface area (Å²) < 4.78 is 0. The molecule has 2 aromatic carbocycles. The molecule has 0 aliphatic carbocycles. The summed E-state index contributed by atoms with van der Waals surface area (Å²) in [5.74, 6) is 0. The van der Waals surface area contributed by atoms with Crippen LogP contribution in [0.15, 0.2) is 48.5 Å². The maximum absolute atomic E-state index is 3.26. The van der Waals surface area contributed by atoms with E-state index in [4.69, 9.17) is 0 Å². The molecule has 0 fully saturated rings. The molecule has 1 N–H and O–H groups in total. The Morgan fingerprint density at radius 2 is 1.72 bits per heavy atom. The van der Waals surface area contributed by atoms with Crippen molar-refractivity contribution in [3.8, 4) is 11.1 Å². The lowest BCUT2D eigenvalue weighted by Crippen LogP contribution is -2.11. The van der Waals surface area contributed by atoms with Gasteiger partial charge in [-0.3, -0.25) is 0 Å². The molecule has 0 saturated carbocycles. The third kappa shape index (κ3) is 2.80. The lowest BCUT2D eigenvalue weighted by Gasteiger charge is -2.11. The van der Waals surface area contributed by atoms with Crippen LogP contribution in [0.25, 0.3) is 11.1 Å². The molecule has 0 saturated heterocycles. The van der Waals surface area contributed by atoms with Gasteiger partial charge < -0.3 is 5.32 Å². The summed E-state index contributed by atoms with van der Waals surface area (Å²) in [7, 11) is 1.99. The Kier molecular flexibility index (Phi) is 4.16. The van der Waals surface area contributed by atoms with Crippen molar-refractivity contribution in [1.29, 1.82) is 0 Å². The zero-order chi connectivity index (χ0) is 13.0. The van der Waals surface area contributed by atoms with Crippen LogP contribution in [-0.4, -0.2) is 7.05 Å². The van der Waals surface area contributed by atoms with Gasteiger partial charge in [-0.25, -0.2) is 0 Å². The van der Waals surface area contributed by atoms with Gasteiger partial charge in [0, 0.05) is 6.04 Å². The lowest BCUT2D eigenvalue weighted by molar-refractivity contribution is 0.652. The van der Waals surface area contributed by atoms with E-state index in [2.05, 4.69) is 67.7 Å². The van der Waals surface area contributed by atoms with Crippen LogP contribution in [0.4, 0.5) is 0 Å². The topological polar surface area (TPSA) is 12.0 Å². The molecule has 94 valence electrons. The number of benzene rings is 2. The van der Waals surface area contributed by atoms with E-state index in [0.717, 1.165) is 6.42 Å². The summed E-state index contributed by atoms with van der Waals surface area (Å²) in [6.07, 6.45) is 1.09. The van der Waals surface area contributed by atoms with E-state index in [-0.39, 0.29) is 0 Å². The van der Waals surface area contributed by atoms with Crippen LogP contribution >= 0.6 is 0 Å². The summed E-state index contributed by atoms with van der Waals surface area (Å²) in [6.45, 7) is 4.36. The Morgan fingerprint density at radius 3 is 2.33 bits per heavy atom. The van der Waals surface area contributed by atoms with Gasteiger partial charge in [-0.05, 0) is 42.6 Å². The molecule has 2 aromatic rings. The molecule has 1 unspecified atom stereocenters. The molecule has 0 spiro atoms. The molecule has 1 heteroatoms. The smallest absolute Gasteiger partial charge is 0.0289 e. The third-order valence-corrected chi connectivity index (χ3v) is 3.51. The maximum atomic E-state index is 3.26. The van der Waals surface area contributed by atoms with Gasteiger partial charge >= 0.3 is 0 Å². The first-order valence-electron chi connectivity index (χ1n) is 6.61. The van der Waals surface area contributed by atoms with Crippen LogP contribution in [-0.2, 0) is 6.42 Å². The SMILES string of the molecule is CCc1cccc(-c2ccc(C(C)NC)cc2)c1. The number of nitrogens with one attached hydrogen (secondary N) is 1. The molecule has 1 atom stereocenters. The van der Waals surface area contributed by atoms with Gasteiger partial charge in [-0.1, -0.05) is 55.5 Å². The Balaban J connectivity index is 2.28. The second-order valence-corrected chi connectivity index (χ2v) is 4.69. The van der Waals surface area contributed by atoms with Crippen LogP contribution in [0.1, 0.15) is 31.0 Å². The molecule has 0 radical (unpaired) electrons. The summed E-state index contributed by atoms with van der Waals surface area (Å²) in [5.41, 5.74) is 5.31. The maximum Gasteiger partial charge on any atom is 0.0289 e. The highest BCUT2D eigenvalue weighted by Gasteiger charge is 2.03. The number of hydrogen-bond donors (Lipinski definition) is 1. The fourth-order valence-corrected chi connectivity index (χ4v) is 2.10. The molecule has 0 amide bonds. The fourth-order valence-electron chi connectivity index (χ4n) is 2.10. The van der Waals surface area contributed by atoms with Crippen LogP contribution in [0.5, 0.6) is 0 Å². The van der Waals surface area contributed by atoms with Crippen molar-refractivity contribution < 1.29 is 0 Å². The van der Waals surface area contributed by atoms with Crippen molar-refractivity contribution in [1.82, 2.24) is 5.32 Å². The minimum atomic E-state index is 0.404. The summed E-state index contributed by atoms with van der Waals surface area (Å²) in [5, 5.41) is 3.26. The first-order valence-corrected chi connectivity index (χ1v) is 6.61. The van der Waals surface area contributed by atoms with Gasteiger partial charge in [-0.15, -0.1) is 0 Å². The van der Waals surface area contributed by atoms with Crippen molar-refractivity contribution in [3.05, 3.63) is 59.7 Å². The summed E-state index contributed by atoms with van der Waals surface area (Å²) >= 11 is 0. The zero-order valence-corrected chi connectivity index (χ0v) is 11.4. The summed E-state index contributed by atoms with van der Waals surface area (Å²) in [6, 6.07) is 18.0. The molecule has 0 aromatic heterocycles. The monoisotopic (exact) mass is 239 g/mol. The van der Waals surface area contributed by atoms with Gasteiger partial charge in [0.1, 0.15) is 0 Å². The average Bonchev–Trinajstić information content (AvgIpc) is 2.46. The zero-order valence-electron chi connectivity index (χ0n) is 11.4. The Morgan fingerprint density at radius 1 is 1.00 bits per heavy atom. The van der Waals surface area contributed by atoms with Crippen LogP contribution < -0.4 is 5.32 Å². The summed E-state index contributed by atoms with van der Waals surface area (Å²) in [4.78, 5) is 0. The highest BCUT2D eigenvalue weighted by atomic mass is 14.8. The van der Waals surface area contributed by atoms with Crippen molar-refractivity contribution in [2.45, 2.75) is 26.3 Å². The normalized spacial score (nSPS) is 12.4. The molecule has 0 bridgehead atoms. The van der Waals surface area contributed by atoms with Crippen LogP contribution in [0.3, 0.4) is 0 Å². The molecule has 0 aliphatic heterocycles. The Bertz CT molecular complexity index is 499. The van der Waals surface area contributed by atoms with Crippen molar-refractivity contribution >= 4 is 0 Å². The van der Waals surface area contributed by atoms with Gasteiger partial charge in [0.15, 0.2) is 0 Å². The largest absolute Gasteiger partial charge is 0.313 e. The molecule has 0 aliphatic rings. The second-order valence-electron chi connectivity index (χ2n) is 4.69. The first kappa shape index (κ1) is 12.8. The Labute approximate surface area is 110 Å². The van der Waals surface area contributed by atoms with E-state index in [1.165, 1.54) is 22.3 Å². The molecule has 2 rings (SSSR count). The van der Waals surface area contributed by atoms with Gasteiger partial charge in [-0.2, -0.15) is 0 Å². The van der Waals surface area contributed by atoms with Crippen LogP contribution in [0, 0.1) is 0 Å². The predicted octanol–water partition coefficient (Wildman–Crippen LogP) is 4.20. The number of aryl methyl sites for hydroxylation is 1. The molecule has 0 heterocycles. The van der Waals surface area contributed by atoms with Crippen molar-refractivity contribution in [2.75, 3.05) is 7.05 Å². The van der Waals surface area contributed by atoms with Gasteiger partial charge in [0.25, 0.3) is 0 Å². The van der Waals surface area contributed by atoms with Crippen molar-refractivity contribution in [3.63, 3.8) is 0 Å². The highest BCUT2D eigenvalue weighted by Crippen LogP contribution is 2.23. The van der Waals surface area contributed by atoms with E-state index in [1.807, 2.05) is 7.05 Å². The van der Waals surface area contributed by atoms with Crippen molar-refractivity contribution in [2.24, 2.45) is 0 Å². The number of hydrogen-bond acceptors (Lipinski definition) is 1. The average molecular weight is 239 g/mol. The number of rotatable bonds is 4. The van der Waals surface area contributed by atoms with E-state index in [0.29, 0.717) is 6.04 Å². The first-order chi connectivity index (χ1) is 8.74. The highest BCUT2D eigenvalue weighted by molar-refractivity contribution is 5.64. The van der Waals surface area contributed by atoms with E-state index in [1.54, 1.807) is 0 Å². The molecule has 18 heavy (non-hydrogen) atoms. The minimum absolute atomic E-state index is 0.404. The second kappa shape index (κ2) is 5.83. The standard InChI is InChI=1S/C17H21N/c1-4-14-6-5-7-17(12-14)16-10-8-15(9-11-16)13(2)18-3/h5-13,18H,4H2,1-3H3. The Hall–Kier alpha value is -1.60. The van der Waals surface area contributed by atoms with Gasteiger partial charge in [0.2, 0.25) is 0 Å². The lowest BCUT2D eigenvalue weighted by atomic mass is 9.99. The predicted molar refractivity (Wildman–Crippen MR) is 78.7 cm³/mol. The van der Waals surface area contributed by atoms with E-state index in [9.17, 15) is 0 Å².